The molecular weight excluding hydrogens is 226 g/mol. The van der Waals surface area contributed by atoms with E-state index < -0.39 is 11.0 Å². The third-order valence-electron chi connectivity index (χ3n) is 2.43. The highest BCUT2D eigenvalue weighted by Gasteiger charge is 2.27. The molecule has 2 rings (SSSR count). The predicted octanol–water partition coefficient (Wildman–Crippen LogP) is -0.118. The zero-order valence-corrected chi connectivity index (χ0v) is 8.67. The van der Waals surface area contributed by atoms with E-state index in [0.29, 0.717) is 5.56 Å². The fourth-order valence-corrected chi connectivity index (χ4v) is 1.57. The van der Waals surface area contributed by atoms with Gasteiger partial charge in [0, 0.05) is 12.1 Å². The van der Waals surface area contributed by atoms with Crippen LogP contribution in [0.1, 0.15) is 11.6 Å². The van der Waals surface area contributed by atoms with E-state index in [4.69, 9.17) is 0 Å². The molecule has 17 heavy (non-hydrogen) atoms. The minimum absolute atomic E-state index is 0.0394. The summed E-state index contributed by atoms with van der Waals surface area (Å²) in [6.07, 6.45) is 0. The highest BCUT2D eigenvalue weighted by molar-refractivity contribution is 5.95. The Morgan fingerprint density at radius 1 is 1.24 bits per heavy atom. The standard InChI is InChI=1S/C10H9N3O4/c14-8-5-11-10(15)9(12-8)6-1-3-7(4-2-6)13(16)17/h1-4,9H,5H2,(H,11,15)(H,12,14)/t9-/m0/s1. The lowest BCUT2D eigenvalue weighted by atomic mass is 10.0. The van der Waals surface area contributed by atoms with Crippen molar-refractivity contribution < 1.29 is 14.5 Å². The minimum atomic E-state index is -0.781. The van der Waals surface area contributed by atoms with Crippen LogP contribution in [0.25, 0.3) is 0 Å². The molecule has 88 valence electrons. The number of carbonyl (C=O) groups excluding carboxylic acids is 2. The summed E-state index contributed by atoms with van der Waals surface area (Å²) in [6, 6.07) is 4.71. The molecule has 0 aliphatic carbocycles. The van der Waals surface area contributed by atoms with Gasteiger partial charge in [-0.2, -0.15) is 0 Å². The molecule has 0 aromatic heterocycles. The monoisotopic (exact) mass is 235 g/mol. The maximum absolute atomic E-state index is 11.5. The minimum Gasteiger partial charge on any atom is -0.345 e. The molecule has 0 bridgehead atoms. The Kier molecular flexibility index (Phi) is 2.73. The second kappa shape index (κ2) is 4.20. The van der Waals surface area contributed by atoms with Crippen molar-refractivity contribution in [1.82, 2.24) is 10.6 Å². The topological polar surface area (TPSA) is 101 Å². The van der Waals surface area contributed by atoms with Crippen LogP contribution >= 0.6 is 0 Å². The molecule has 7 heteroatoms. The van der Waals surface area contributed by atoms with Gasteiger partial charge >= 0.3 is 0 Å². The summed E-state index contributed by atoms with van der Waals surface area (Å²) in [4.78, 5) is 32.6. The molecule has 7 nitrogen and oxygen atoms in total. The van der Waals surface area contributed by atoms with Crippen molar-refractivity contribution >= 4 is 17.5 Å². The quantitative estimate of drug-likeness (QED) is 0.551. The Hall–Kier alpha value is -2.44. The molecule has 1 saturated heterocycles. The van der Waals surface area contributed by atoms with E-state index in [-0.39, 0.29) is 24.0 Å². The van der Waals surface area contributed by atoms with Gasteiger partial charge < -0.3 is 10.6 Å². The third kappa shape index (κ3) is 2.22. The molecule has 2 amide bonds. The zero-order valence-electron chi connectivity index (χ0n) is 8.67. The summed E-state index contributed by atoms with van der Waals surface area (Å²) in [5, 5.41) is 15.4. The van der Waals surface area contributed by atoms with E-state index in [2.05, 4.69) is 10.6 Å². The van der Waals surface area contributed by atoms with Crippen LogP contribution in [0.5, 0.6) is 0 Å². The Morgan fingerprint density at radius 3 is 2.47 bits per heavy atom. The number of rotatable bonds is 2. The van der Waals surface area contributed by atoms with Crippen LogP contribution in [0, 0.1) is 10.1 Å². The molecule has 2 N–H and O–H groups in total. The smallest absolute Gasteiger partial charge is 0.269 e. The first kappa shape index (κ1) is 11.1. The first-order chi connectivity index (χ1) is 8.08. The predicted molar refractivity (Wildman–Crippen MR) is 57.0 cm³/mol. The van der Waals surface area contributed by atoms with Crippen LogP contribution in [0.2, 0.25) is 0 Å². The molecule has 0 saturated carbocycles. The van der Waals surface area contributed by atoms with E-state index in [9.17, 15) is 19.7 Å². The van der Waals surface area contributed by atoms with Gasteiger partial charge in [-0.3, -0.25) is 19.7 Å². The molecule has 1 atom stereocenters. The number of amides is 2. The van der Waals surface area contributed by atoms with E-state index in [1.165, 1.54) is 24.3 Å². The number of hydrogen-bond acceptors (Lipinski definition) is 4. The van der Waals surface area contributed by atoms with Gasteiger partial charge in [-0.05, 0) is 17.7 Å². The first-order valence-corrected chi connectivity index (χ1v) is 4.89. The molecule has 0 spiro atoms. The lowest BCUT2D eigenvalue weighted by Gasteiger charge is -2.23. The van der Waals surface area contributed by atoms with Crippen LogP contribution in [0.4, 0.5) is 5.69 Å². The van der Waals surface area contributed by atoms with Crippen molar-refractivity contribution in [3.05, 3.63) is 39.9 Å². The summed E-state index contributed by atoms with van der Waals surface area (Å²) in [5.41, 5.74) is 0.456. The second-order valence-corrected chi connectivity index (χ2v) is 3.57. The number of nitrogens with one attached hydrogen (secondary N) is 2. The average molecular weight is 235 g/mol. The van der Waals surface area contributed by atoms with Crippen LogP contribution < -0.4 is 10.6 Å². The fraction of sp³-hybridized carbons (Fsp3) is 0.200. The van der Waals surface area contributed by atoms with Crippen LogP contribution in [-0.2, 0) is 9.59 Å². The van der Waals surface area contributed by atoms with Gasteiger partial charge in [0.05, 0.1) is 11.5 Å². The Balaban J connectivity index is 2.24. The largest absolute Gasteiger partial charge is 0.345 e. The van der Waals surface area contributed by atoms with E-state index >= 15 is 0 Å². The number of nitro benzene ring substituents is 1. The first-order valence-electron chi connectivity index (χ1n) is 4.89. The number of nitro groups is 1. The molecule has 1 aliphatic rings. The maximum Gasteiger partial charge on any atom is 0.269 e. The molecule has 1 heterocycles. The van der Waals surface area contributed by atoms with E-state index in [0.717, 1.165) is 0 Å². The van der Waals surface area contributed by atoms with Crippen molar-refractivity contribution in [2.24, 2.45) is 0 Å². The van der Waals surface area contributed by atoms with Gasteiger partial charge in [-0.1, -0.05) is 0 Å². The second-order valence-electron chi connectivity index (χ2n) is 3.57. The number of non-ortho nitro benzene ring substituents is 1. The normalized spacial score (nSPS) is 19.4. The van der Waals surface area contributed by atoms with Crippen molar-refractivity contribution in [2.75, 3.05) is 6.54 Å². The average Bonchev–Trinajstić information content (AvgIpc) is 2.32. The Bertz CT molecular complexity index is 483. The number of benzene rings is 1. The zero-order chi connectivity index (χ0) is 12.4. The van der Waals surface area contributed by atoms with Gasteiger partial charge in [0.15, 0.2) is 0 Å². The summed E-state index contributed by atoms with van der Waals surface area (Å²) in [6.45, 7) is -0.0394. The molecule has 1 aromatic rings. The molecule has 1 aliphatic heterocycles. The number of carbonyl (C=O) groups is 2. The van der Waals surface area contributed by atoms with Gasteiger partial charge in [-0.25, -0.2) is 0 Å². The van der Waals surface area contributed by atoms with Crippen molar-refractivity contribution in [3.8, 4) is 0 Å². The van der Waals surface area contributed by atoms with Crippen molar-refractivity contribution in [1.29, 1.82) is 0 Å². The lowest BCUT2D eigenvalue weighted by Crippen LogP contribution is -2.50. The van der Waals surface area contributed by atoms with Crippen LogP contribution in [0.3, 0.4) is 0 Å². The van der Waals surface area contributed by atoms with Gasteiger partial charge in [0.1, 0.15) is 6.04 Å². The van der Waals surface area contributed by atoms with Gasteiger partial charge in [0.2, 0.25) is 11.8 Å². The van der Waals surface area contributed by atoms with Crippen molar-refractivity contribution in [2.45, 2.75) is 6.04 Å². The highest BCUT2D eigenvalue weighted by atomic mass is 16.6. The fourth-order valence-electron chi connectivity index (χ4n) is 1.57. The summed E-state index contributed by atoms with van der Waals surface area (Å²) in [5.74, 6) is -0.605. The number of hydrogen-bond donors (Lipinski definition) is 2. The molecule has 1 fully saturated rings. The summed E-state index contributed by atoms with van der Waals surface area (Å²) in [7, 11) is 0. The summed E-state index contributed by atoms with van der Waals surface area (Å²) < 4.78 is 0. The van der Waals surface area contributed by atoms with Crippen LogP contribution in [-0.4, -0.2) is 23.3 Å². The van der Waals surface area contributed by atoms with E-state index in [1.807, 2.05) is 0 Å². The maximum atomic E-state index is 11.5. The molecule has 0 radical (unpaired) electrons. The van der Waals surface area contributed by atoms with Crippen LogP contribution in [0.15, 0.2) is 24.3 Å². The molecule has 0 unspecified atom stereocenters. The highest BCUT2D eigenvalue weighted by Crippen LogP contribution is 2.19. The van der Waals surface area contributed by atoms with Gasteiger partial charge in [0.25, 0.3) is 5.69 Å². The number of piperazine rings is 1. The molecule has 1 aromatic carbocycles. The Morgan fingerprint density at radius 2 is 1.88 bits per heavy atom. The third-order valence-corrected chi connectivity index (χ3v) is 2.43. The summed E-state index contributed by atoms with van der Waals surface area (Å²) >= 11 is 0. The van der Waals surface area contributed by atoms with E-state index in [1.54, 1.807) is 0 Å². The SMILES string of the molecule is O=C1CNC(=O)[C@H](c2ccc([N+](=O)[O-])cc2)N1. The molecular formula is C10H9N3O4. The number of nitrogens with zero attached hydrogens (tertiary/aromatic N) is 1. The van der Waals surface area contributed by atoms with Gasteiger partial charge in [-0.15, -0.1) is 0 Å². The lowest BCUT2D eigenvalue weighted by molar-refractivity contribution is -0.384. The van der Waals surface area contributed by atoms with Crippen molar-refractivity contribution in [3.63, 3.8) is 0 Å². The Labute approximate surface area is 96.0 Å².